The number of oxazole rings is 1. The molecule has 0 fully saturated rings. The number of benzene rings is 1. The normalized spacial score (nSPS) is 9.56. The van der Waals surface area contributed by atoms with Gasteiger partial charge in [0.15, 0.2) is 0 Å². The van der Waals surface area contributed by atoms with Gasteiger partial charge in [-0.1, -0.05) is 12.1 Å². The molecule has 16 heavy (non-hydrogen) atoms. The van der Waals surface area contributed by atoms with Crippen molar-refractivity contribution in [2.45, 2.75) is 6.42 Å². The van der Waals surface area contributed by atoms with Crippen LogP contribution in [0.5, 0.6) is 0 Å². The predicted molar refractivity (Wildman–Crippen MR) is 63.6 cm³/mol. The Morgan fingerprint density at radius 1 is 1.31 bits per heavy atom. The first-order chi connectivity index (χ1) is 7.28. The van der Waals surface area contributed by atoms with Gasteiger partial charge in [-0.15, -0.1) is 12.4 Å². The molecule has 0 aliphatic rings. The van der Waals surface area contributed by atoms with Crippen LogP contribution in [0.25, 0.3) is 0 Å². The van der Waals surface area contributed by atoms with E-state index in [1.165, 1.54) is 6.26 Å². The Morgan fingerprint density at radius 3 is 2.50 bits per heavy atom. The van der Waals surface area contributed by atoms with Gasteiger partial charge in [0.25, 0.3) is 0 Å². The fraction of sp³-hybridized carbons (Fsp3) is 0.100. The zero-order chi connectivity index (χ0) is 10.7. The van der Waals surface area contributed by atoms with Gasteiger partial charge in [0.2, 0.25) is 0 Å². The number of aromatic amines is 1. The van der Waals surface area contributed by atoms with Gasteiger partial charge in [-0.2, -0.15) is 0 Å². The summed E-state index contributed by atoms with van der Waals surface area (Å²) in [6.07, 6.45) is 2.06. The highest BCUT2D eigenvalue weighted by molar-refractivity contribution is 5.85. The molecule has 0 aliphatic heterocycles. The largest absolute Gasteiger partial charge is 0.416 e. The fourth-order valence-corrected chi connectivity index (χ4v) is 1.34. The minimum absolute atomic E-state index is 0. The summed E-state index contributed by atoms with van der Waals surface area (Å²) in [6, 6.07) is 7.60. The van der Waals surface area contributed by atoms with E-state index in [-0.39, 0.29) is 12.4 Å². The molecule has 0 saturated carbocycles. The molecule has 0 radical (unpaired) electrons. The van der Waals surface area contributed by atoms with Crippen LogP contribution in [0.3, 0.4) is 0 Å². The number of halogens is 1. The molecular weight excluding hydrogens is 230 g/mol. The molecular formula is C10H12ClN3O2. The van der Waals surface area contributed by atoms with Gasteiger partial charge in [0.05, 0.1) is 5.69 Å². The van der Waals surface area contributed by atoms with E-state index < -0.39 is 5.76 Å². The lowest BCUT2D eigenvalue weighted by Gasteiger charge is -2.01. The number of hydrogen-bond donors (Lipinski definition) is 3. The molecule has 0 spiro atoms. The fourth-order valence-electron chi connectivity index (χ4n) is 1.34. The second-order valence-electron chi connectivity index (χ2n) is 3.19. The van der Waals surface area contributed by atoms with E-state index in [0.717, 1.165) is 16.9 Å². The van der Waals surface area contributed by atoms with Gasteiger partial charge in [0, 0.05) is 12.1 Å². The molecule has 86 valence electrons. The second kappa shape index (κ2) is 5.39. The van der Waals surface area contributed by atoms with Gasteiger partial charge in [-0.05, 0) is 17.7 Å². The summed E-state index contributed by atoms with van der Waals surface area (Å²) >= 11 is 0. The van der Waals surface area contributed by atoms with Crippen molar-refractivity contribution in [3.05, 3.63) is 52.3 Å². The maximum atomic E-state index is 10.7. The Labute approximate surface area is 98.0 Å². The van der Waals surface area contributed by atoms with Crippen LogP contribution in [-0.2, 0) is 6.42 Å². The molecule has 4 N–H and O–H groups in total. The number of nitrogen functional groups attached to an aromatic ring is 1. The van der Waals surface area contributed by atoms with Crippen LogP contribution >= 0.6 is 12.4 Å². The van der Waals surface area contributed by atoms with E-state index in [4.69, 9.17) is 5.84 Å². The number of hydrogen-bond acceptors (Lipinski definition) is 4. The molecule has 0 bridgehead atoms. The molecule has 2 aromatic rings. The maximum absolute atomic E-state index is 10.7. The average Bonchev–Trinajstić information content (AvgIpc) is 2.65. The van der Waals surface area contributed by atoms with Crippen molar-refractivity contribution in [1.29, 1.82) is 0 Å². The molecule has 5 nitrogen and oxygen atoms in total. The highest BCUT2D eigenvalue weighted by atomic mass is 35.5. The topological polar surface area (TPSA) is 84.0 Å². The Morgan fingerprint density at radius 2 is 2.00 bits per heavy atom. The van der Waals surface area contributed by atoms with Crippen molar-refractivity contribution in [2.24, 2.45) is 5.84 Å². The smallest absolute Gasteiger partial charge is 0.416 e. The minimum Gasteiger partial charge on any atom is -0.416 e. The molecule has 0 saturated heterocycles. The zero-order valence-corrected chi connectivity index (χ0v) is 9.21. The first kappa shape index (κ1) is 12.4. The van der Waals surface area contributed by atoms with E-state index in [1.807, 2.05) is 24.3 Å². The van der Waals surface area contributed by atoms with Crippen molar-refractivity contribution in [2.75, 3.05) is 5.43 Å². The van der Waals surface area contributed by atoms with Gasteiger partial charge in [-0.3, -0.25) is 10.8 Å². The van der Waals surface area contributed by atoms with Crippen LogP contribution in [0, 0.1) is 0 Å². The molecule has 0 aliphatic carbocycles. The van der Waals surface area contributed by atoms with E-state index in [9.17, 15) is 4.79 Å². The third-order valence-electron chi connectivity index (χ3n) is 2.09. The predicted octanol–water partition coefficient (Wildman–Crippen LogP) is 1.27. The summed E-state index contributed by atoms with van der Waals surface area (Å²) in [5.41, 5.74) is 5.23. The summed E-state index contributed by atoms with van der Waals surface area (Å²) < 4.78 is 4.64. The SMILES string of the molecule is Cl.NNc1ccc(Cc2coc(=O)[nH]2)cc1. The minimum atomic E-state index is -0.426. The lowest BCUT2D eigenvalue weighted by atomic mass is 10.1. The van der Waals surface area contributed by atoms with Gasteiger partial charge < -0.3 is 9.84 Å². The Bertz CT molecular complexity index is 489. The molecule has 0 atom stereocenters. The Balaban J connectivity index is 0.00000128. The van der Waals surface area contributed by atoms with Crippen LogP contribution in [0.15, 0.2) is 39.7 Å². The zero-order valence-electron chi connectivity index (χ0n) is 8.40. The lowest BCUT2D eigenvalue weighted by Crippen LogP contribution is -2.06. The van der Waals surface area contributed by atoms with Crippen molar-refractivity contribution in [3.63, 3.8) is 0 Å². The highest BCUT2D eigenvalue weighted by Crippen LogP contribution is 2.10. The van der Waals surface area contributed by atoms with Crippen molar-refractivity contribution in [1.82, 2.24) is 4.98 Å². The molecule has 6 heteroatoms. The number of hydrazine groups is 1. The lowest BCUT2D eigenvalue weighted by molar-refractivity contribution is 0.514. The number of aromatic nitrogens is 1. The van der Waals surface area contributed by atoms with Crippen LogP contribution in [0.4, 0.5) is 5.69 Å². The number of H-pyrrole nitrogens is 1. The van der Waals surface area contributed by atoms with Crippen molar-refractivity contribution >= 4 is 18.1 Å². The van der Waals surface area contributed by atoms with E-state index in [2.05, 4.69) is 14.8 Å². The summed E-state index contributed by atoms with van der Waals surface area (Å²) in [4.78, 5) is 13.3. The molecule has 1 heterocycles. The molecule has 0 amide bonds. The molecule has 1 aromatic heterocycles. The molecule has 0 unspecified atom stereocenters. The van der Waals surface area contributed by atoms with Gasteiger partial charge >= 0.3 is 5.76 Å². The van der Waals surface area contributed by atoms with Crippen molar-refractivity contribution in [3.8, 4) is 0 Å². The summed E-state index contributed by atoms with van der Waals surface area (Å²) in [6.45, 7) is 0. The summed E-state index contributed by atoms with van der Waals surface area (Å²) in [5, 5.41) is 0. The standard InChI is InChI=1S/C10H11N3O2.ClH/c11-13-8-3-1-7(2-4-8)5-9-6-15-10(14)12-9;/h1-4,6,13H,5,11H2,(H,12,14);1H. The van der Waals surface area contributed by atoms with Crippen LogP contribution in [0.2, 0.25) is 0 Å². The first-order valence-electron chi connectivity index (χ1n) is 4.50. The van der Waals surface area contributed by atoms with E-state index in [0.29, 0.717) is 6.42 Å². The number of rotatable bonds is 3. The average molecular weight is 242 g/mol. The number of nitrogens with one attached hydrogen (secondary N) is 2. The van der Waals surface area contributed by atoms with E-state index in [1.54, 1.807) is 0 Å². The quantitative estimate of drug-likeness (QED) is 0.558. The van der Waals surface area contributed by atoms with Gasteiger partial charge in [0.1, 0.15) is 6.26 Å². The summed E-state index contributed by atoms with van der Waals surface area (Å²) in [5.74, 6) is 4.82. The third kappa shape index (κ3) is 2.88. The highest BCUT2D eigenvalue weighted by Gasteiger charge is 1.99. The van der Waals surface area contributed by atoms with Crippen LogP contribution < -0.4 is 17.0 Å². The van der Waals surface area contributed by atoms with E-state index >= 15 is 0 Å². The second-order valence-corrected chi connectivity index (χ2v) is 3.19. The molecule has 2 rings (SSSR count). The van der Waals surface area contributed by atoms with Crippen LogP contribution in [0.1, 0.15) is 11.3 Å². The molecule has 1 aromatic carbocycles. The Hall–Kier alpha value is -1.72. The van der Waals surface area contributed by atoms with Gasteiger partial charge in [-0.25, -0.2) is 4.79 Å². The maximum Gasteiger partial charge on any atom is 0.416 e. The third-order valence-corrected chi connectivity index (χ3v) is 2.09. The first-order valence-corrected chi connectivity index (χ1v) is 4.50. The number of nitrogens with two attached hydrogens (primary N) is 1. The van der Waals surface area contributed by atoms with Crippen molar-refractivity contribution < 1.29 is 4.42 Å². The monoisotopic (exact) mass is 241 g/mol. The van der Waals surface area contributed by atoms with Crippen LogP contribution in [-0.4, -0.2) is 4.98 Å². The number of anilines is 1. The summed E-state index contributed by atoms with van der Waals surface area (Å²) in [7, 11) is 0. The Kier molecular flexibility index (Phi) is 4.16.